The van der Waals surface area contributed by atoms with Gasteiger partial charge in [-0.05, 0) is 27.7 Å². The Morgan fingerprint density at radius 3 is 1.73 bits per heavy atom. The molecule has 1 saturated heterocycles. The van der Waals surface area contributed by atoms with Crippen molar-refractivity contribution in [1.29, 1.82) is 0 Å². The Morgan fingerprint density at radius 1 is 1.09 bits per heavy atom. The molecule has 0 spiro atoms. The van der Waals surface area contributed by atoms with Gasteiger partial charge in [-0.25, -0.2) is 5.01 Å². The number of hydrazine groups is 1. The van der Waals surface area contributed by atoms with Gasteiger partial charge < -0.3 is 0 Å². The van der Waals surface area contributed by atoms with Crippen molar-refractivity contribution in [2.45, 2.75) is 38.8 Å². The summed E-state index contributed by atoms with van der Waals surface area (Å²) < 4.78 is 0. The zero-order valence-corrected chi connectivity index (χ0v) is 8.66. The van der Waals surface area contributed by atoms with Gasteiger partial charge in [0.05, 0.1) is 0 Å². The van der Waals surface area contributed by atoms with Crippen molar-refractivity contribution in [3.05, 3.63) is 0 Å². The summed E-state index contributed by atoms with van der Waals surface area (Å²) in [5.74, 6) is 8.27. The predicted molar refractivity (Wildman–Crippen MR) is 51.5 cm³/mol. The van der Waals surface area contributed by atoms with Gasteiger partial charge in [-0.2, -0.15) is 11.8 Å². The maximum Gasteiger partial charge on any atom is 0.0392 e. The van der Waals surface area contributed by atoms with Crippen molar-refractivity contribution in [3.63, 3.8) is 0 Å². The van der Waals surface area contributed by atoms with Crippen LogP contribution >= 0.6 is 11.8 Å². The first-order valence-corrected chi connectivity index (χ1v) is 5.14. The summed E-state index contributed by atoms with van der Waals surface area (Å²) in [6, 6.07) is 0. The largest absolute Gasteiger partial charge is 0.268 e. The van der Waals surface area contributed by atoms with Crippen LogP contribution in [0.25, 0.3) is 0 Å². The number of rotatable bonds is 0. The highest BCUT2D eigenvalue weighted by Gasteiger charge is 2.39. The Labute approximate surface area is 73.5 Å². The molecule has 3 heteroatoms. The highest BCUT2D eigenvalue weighted by Crippen LogP contribution is 2.33. The van der Waals surface area contributed by atoms with Crippen molar-refractivity contribution >= 4 is 11.8 Å². The van der Waals surface area contributed by atoms with E-state index in [1.54, 1.807) is 0 Å². The fourth-order valence-electron chi connectivity index (χ4n) is 1.51. The SMILES string of the molecule is CC1(C)CSCC(C)(C)N1N. The van der Waals surface area contributed by atoms with Crippen LogP contribution in [0.4, 0.5) is 0 Å². The molecule has 11 heavy (non-hydrogen) atoms. The van der Waals surface area contributed by atoms with E-state index in [0.29, 0.717) is 0 Å². The first-order valence-electron chi connectivity index (χ1n) is 3.99. The Kier molecular flexibility index (Phi) is 2.25. The van der Waals surface area contributed by atoms with Crippen LogP contribution in [0.3, 0.4) is 0 Å². The maximum absolute atomic E-state index is 6.01. The van der Waals surface area contributed by atoms with Crippen molar-refractivity contribution < 1.29 is 0 Å². The molecule has 2 nitrogen and oxygen atoms in total. The quantitative estimate of drug-likeness (QED) is 0.564. The fraction of sp³-hybridized carbons (Fsp3) is 1.00. The predicted octanol–water partition coefficient (Wildman–Crippen LogP) is 1.47. The maximum atomic E-state index is 6.01. The molecule has 0 saturated carbocycles. The molecule has 1 rings (SSSR count). The molecule has 0 aromatic heterocycles. The van der Waals surface area contributed by atoms with E-state index in [1.807, 2.05) is 16.8 Å². The summed E-state index contributed by atoms with van der Waals surface area (Å²) in [5, 5.41) is 2.00. The average Bonchev–Trinajstić information content (AvgIpc) is 1.82. The van der Waals surface area contributed by atoms with Gasteiger partial charge in [0, 0.05) is 22.6 Å². The number of hydrogen-bond acceptors (Lipinski definition) is 3. The lowest BCUT2D eigenvalue weighted by Crippen LogP contribution is -2.64. The minimum Gasteiger partial charge on any atom is -0.268 e. The van der Waals surface area contributed by atoms with Gasteiger partial charge >= 0.3 is 0 Å². The van der Waals surface area contributed by atoms with Crippen LogP contribution in [0.5, 0.6) is 0 Å². The van der Waals surface area contributed by atoms with Crippen LogP contribution in [-0.4, -0.2) is 27.6 Å². The molecule has 1 heterocycles. The van der Waals surface area contributed by atoms with Gasteiger partial charge in [-0.1, -0.05) is 0 Å². The van der Waals surface area contributed by atoms with Crippen molar-refractivity contribution in [1.82, 2.24) is 5.01 Å². The second-order valence-electron chi connectivity index (χ2n) is 4.49. The summed E-state index contributed by atoms with van der Waals surface area (Å²) in [5.41, 5.74) is 0.291. The molecule has 0 aliphatic carbocycles. The van der Waals surface area contributed by atoms with E-state index < -0.39 is 0 Å². The third-order valence-electron chi connectivity index (χ3n) is 2.21. The van der Waals surface area contributed by atoms with E-state index in [4.69, 9.17) is 5.84 Å². The number of nitrogens with zero attached hydrogens (tertiary/aromatic N) is 1. The first kappa shape index (κ1) is 9.36. The van der Waals surface area contributed by atoms with E-state index in [9.17, 15) is 0 Å². The number of nitrogens with two attached hydrogens (primary N) is 1. The third-order valence-corrected chi connectivity index (χ3v) is 4.04. The van der Waals surface area contributed by atoms with E-state index in [0.717, 1.165) is 11.5 Å². The van der Waals surface area contributed by atoms with Crippen molar-refractivity contribution in [2.75, 3.05) is 11.5 Å². The standard InChI is InChI=1S/C8H18N2S/c1-7(2)5-11-6-8(3,4)10(7)9/h5-6,9H2,1-4H3. The lowest BCUT2D eigenvalue weighted by Gasteiger charge is -2.49. The molecular formula is C8H18N2S. The molecule has 1 aliphatic rings. The summed E-state index contributed by atoms with van der Waals surface area (Å²) in [6.45, 7) is 8.78. The minimum absolute atomic E-state index is 0.145. The first-order chi connectivity index (χ1) is 4.86. The summed E-state index contributed by atoms with van der Waals surface area (Å²) in [7, 11) is 0. The molecular weight excluding hydrogens is 156 g/mol. The molecule has 0 bridgehead atoms. The molecule has 0 radical (unpaired) electrons. The molecule has 2 N–H and O–H groups in total. The van der Waals surface area contributed by atoms with E-state index in [2.05, 4.69) is 27.7 Å². The topological polar surface area (TPSA) is 29.3 Å². The molecule has 0 amide bonds. The zero-order valence-electron chi connectivity index (χ0n) is 7.85. The molecule has 0 unspecified atom stereocenters. The van der Waals surface area contributed by atoms with Crippen LogP contribution in [-0.2, 0) is 0 Å². The van der Waals surface area contributed by atoms with Crippen LogP contribution in [0.1, 0.15) is 27.7 Å². The van der Waals surface area contributed by atoms with Crippen LogP contribution in [0.2, 0.25) is 0 Å². The van der Waals surface area contributed by atoms with Crippen molar-refractivity contribution in [2.24, 2.45) is 5.84 Å². The van der Waals surface area contributed by atoms with Crippen LogP contribution in [0, 0.1) is 0 Å². The normalized spacial score (nSPS) is 30.3. The second kappa shape index (κ2) is 2.64. The highest BCUT2D eigenvalue weighted by atomic mass is 32.2. The smallest absolute Gasteiger partial charge is 0.0392 e. The molecule has 0 atom stereocenters. The van der Waals surface area contributed by atoms with Gasteiger partial charge in [-0.3, -0.25) is 5.84 Å². The van der Waals surface area contributed by atoms with Crippen LogP contribution < -0.4 is 5.84 Å². The fourth-order valence-corrected chi connectivity index (χ4v) is 2.89. The number of hydrogen-bond donors (Lipinski definition) is 1. The monoisotopic (exact) mass is 174 g/mol. The summed E-state index contributed by atoms with van der Waals surface area (Å²) in [6.07, 6.45) is 0. The lowest BCUT2D eigenvalue weighted by atomic mass is 9.98. The van der Waals surface area contributed by atoms with Gasteiger partial charge in [0.2, 0.25) is 0 Å². The summed E-state index contributed by atoms with van der Waals surface area (Å²) in [4.78, 5) is 0. The number of thioether (sulfide) groups is 1. The highest BCUT2D eigenvalue weighted by molar-refractivity contribution is 7.99. The molecule has 0 aromatic carbocycles. The van der Waals surface area contributed by atoms with E-state index in [1.165, 1.54) is 0 Å². The van der Waals surface area contributed by atoms with Gasteiger partial charge in [0.1, 0.15) is 0 Å². The summed E-state index contributed by atoms with van der Waals surface area (Å²) >= 11 is 1.99. The van der Waals surface area contributed by atoms with E-state index in [-0.39, 0.29) is 11.1 Å². The van der Waals surface area contributed by atoms with E-state index >= 15 is 0 Å². The third kappa shape index (κ3) is 1.71. The zero-order chi connectivity index (χ0) is 8.70. The average molecular weight is 174 g/mol. The minimum atomic E-state index is 0.145. The lowest BCUT2D eigenvalue weighted by molar-refractivity contribution is 0.0372. The Morgan fingerprint density at radius 2 is 1.45 bits per heavy atom. The molecule has 1 fully saturated rings. The van der Waals surface area contributed by atoms with Gasteiger partial charge in [0.15, 0.2) is 0 Å². The Hall–Kier alpha value is 0.270. The Bertz CT molecular complexity index is 138. The molecule has 0 aromatic rings. The van der Waals surface area contributed by atoms with Crippen molar-refractivity contribution in [3.8, 4) is 0 Å². The Balaban J connectivity index is 2.76. The van der Waals surface area contributed by atoms with Crippen LogP contribution in [0.15, 0.2) is 0 Å². The molecule has 1 aliphatic heterocycles. The molecule has 66 valence electrons. The van der Waals surface area contributed by atoms with Gasteiger partial charge in [-0.15, -0.1) is 0 Å². The second-order valence-corrected chi connectivity index (χ2v) is 5.47. The van der Waals surface area contributed by atoms with Gasteiger partial charge in [0.25, 0.3) is 0 Å².